The molecule has 2 aromatic rings. The van der Waals surface area contributed by atoms with E-state index in [2.05, 4.69) is 34.1 Å². The van der Waals surface area contributed by atoms with E-state index in [0.29, 0.717) is 0 Å². The molecule has 2 heterocycles. The summed E-state index contributed by atoms with van der Waals surface area (Å²) in [5.74, 6) is 1.99. The Morgan fingerprint density at radius 3 is 2.58 bits per heavy atom. The van der Waals surface area contributed by atoms with Crippen LogP contribution < -0.4 is 5.32 Å². The van der Waals surface area contributed by atoms with Crippen LogP contribution in [0.15, 0.2) is 29.3 Å². The average Bonchev–Trinajstić information content (AvgIpc) is 2.81. The maximum absolute atomic E-state index is 4.55. The maximum atomic E-state index is 4.55. The van der Waals surface area contributed by atoms with Crippen molar-refractivity contribution >= 4 is 41.7 Å². The monoisotopic (exact) mass is 300 g/mol. The van der Waals surface area contributed by atoms with Crippen LogP contribution in [-0.2, 0) is 6.42 Å². The van der Waals surface area contributed by atoms with Crippen molar-refractivity contribution in [2.75, 3.05) is 6.54 Å². The largest absolute Gasteiger partial charge is 0.367 e. The van der Waals surface area contributed by atoms with Gasteiger partial charge < -0.3 is 10.3 Å². The number of H-pyrrole nitrogens is 1. The molecule has 1 aliphatic heterocycles. The highest BCUT2D eigenvalue weighted by molar-refractivity contribution is 5.87. The number of hydrogen-bond acceptors (Lipinski definition) is 3. The first kappa shape index (κ1) is 15.8. The van der Waals surface area contributed by atoms with Crippen molar-refractivity contribution in [1.29, 1.82) is 0 Å². The molecule has 0 radical (unpaired) electrons. The quantitative estimate of drug-likeness (QED) is 0.896. The van der Waals surface area contributed by atoms with Crippen LogP contribution in [0.5, 0.6) is 0 Å². The van der Waals surface area contributed by atoms with Gasteiger partial charge >= 0.3 is 0 Å². The zero-order valence-corrected chi connectivity index (χ0v) is 12.6. The van der Waals surface area contributed by atoms with Crippen LogP contribution in [0.25, 0.3) is 11.0 Å². The highest BCUT2D eigenvalue weighted by Crippen LogP contribution is 2.14. The summed E-state index contributed by atoms with van der Waals surface area (Å²) >= 11 is 0. The fourth-order valence-corrected chi connectivity index (χ4v) is 2.11. The lowest BCUT2D eigenvalue weighted by Gasteiger charge is -2.17. The van der Waals surface area contributed by atoms with Crippen LogP contribution in [0.3, 0.4) is 0 Å². The molecule has 0 saturated heterocycles. The molecule has 0 atom stereocenters. The third-order valence-corrected chi connectivity index (χ3v) is 2.92. The molecule has 0 saturated carbocycles. The van der Waals surface area contributed by atoms with Crippen molar-refractivity contribution in [2.45, 2.75) is 25.8 Å². The van der Waals surface area contributed by atoms with Gasteiger partial charge in [-0.2, -0.15) is 0 Å². The lowest BCUT2D eigenvalue weighted by atomic mass is 10.1. The summed E-state index contributed by atoms with van der Waals surface area (Å²) < 4.78 is 0. The van der Waals surface area contributed by atoms with Gasteiger partial charge in [0.05, 0.1) is 29.5 Å². The van der Waals surface area contributed by atoms with Gasteiger partial charge in [0.1, 0.15) is 11.7 Å². The predicted octanol–water partition coefficient (Wildman–Crippen LogP) is 2.73. The molecule has 1 aliphatic rings. The first-order chi connectivity index (χ1) is 8.12. The second kappa shape index (κ2) is 5.80. The molecule has 19 heavy (non-hydrogen) atoms. The molecule has 2 N–H and O–H groups in total. The number of fused-ring (bicyclic) bond motifs is 1. The summed E-state index contributed by atoms with van der Waals surface area (Å²) in [6.45, 7) is 5.15. The van der Waals surface area contributed by atoms with Crippen molar-refractivity contribution in [3.8, 4) is 0 Å². The number of halogens is 2. The van der Waals surface area contributed by atoms with Gasteiger partial charge in [-0.1, -0.05) is 12.1 Å². The Balaban J connectivity index is 0.000000902. The summed E-state index contributed by atoms with van der Waals surface area (Å²) in [6.07, 6.45) is 0.748. The Hall–Kier alpha value is -1.26. The number of aromatic nitrogens is 2. The van der Waals surface area contributed by atoms with E-state index in [1.165, 1.54) is 0 Å². The first-order valence-corrected chi connectivity index (χ1v) is 5.88. The van der Waals surface area contributed by atoms with E-state index in [1.54, 1.807) is 0 Å². The van der Waals surface area contributed by atoms with Crippen molar-refractivity contribution in [3.63, 3.8) is 0 Å². The molecule has 0 amide bonds. The fourth-order valence-electron chi connectivity index (χ4n) is 2.11. The molecule has 1 aromatic heterocycles. The predicted molar refractivity (Wildman–Crippen MR) is 83.8 cm³/mol. The van der Waals surface area contributed by atoms with E-state index < -0.39 is 0 Å². The molecule has 3 rings (SSSR count). The maximum Gasteiger partial charge on any atom is 0.114 e. The smallest absolute Gasteiger partial charge is 0.114 e. The van der Waals surface area contributed by atoms with E-state index >= 15 is 0 Å². The third kappa shape index (κ3) is 3.39. The molecule has 104 valence electrons. The number of aliphatic imine (C=N–C) groups is 1. The van der Waals surface area contributed by atoms with Crippen molar-refractivity contribution < 1.29 is 0 Å². The highest BCUT2D eigenvalue weighted by Gasteiger charge is 2.24. The van der Waals surface area contributed by atoms with Crippen molar-refractivity contribution in [2.24, 2.45) is 4.99 Å². The van der Waals surface area contributed by atoms with Gasteiger partial charge in [0.2, 0.25) is 0 Å². The van der Waals surface area contributed by atoms with Gasteiger partial charge in [-0.15, -0.1) is 24.8 Å². The van der Waals surface area contributed by atoms with Crippen LogP contribution in [0, 0.1) is 0 Å². The summed E-state index contributed by atoms with van der Waals surface area (Å²) in [7, 11) is 0. The lowest BCUT2D eigenvalue weighted by Crippen LogP contribution is -2.40. The van der Waals surface area contributed by atoms with E-state index in [4.69, 9.17) is 0 Å². The van der Waals surface area contributed by atoms with E-state index in [1.807, 2.05) is 24.3 Å². The Morgan fingerprint density at radius 1 is 1.21 bits per heavy atom. The number of aromatic amines is 1. The summed E-state index contributed by atoms with van der Waals surface area (Å²) in [5, 5.41) is 3.41. The van der Waals surface area contributed by atoms with E-state index in [-0.39, 0.29) is 30.4 Å². The molecule has 0 bridgehead atoms. The number of rotatable bonds is 2. The fraction of sp³-hybridized carbons (Fsp3) is 0.385. The summed E-state index contributed by atoms with van der Waals surface area (Å²) in [4.78, 5) is 12.4. The number of nitrogens with one attached hydrogen (secondary N) is 2. The van der Waals surface area contributed by atoms with Crippen LogP contribution in [0.1, 0.15) is 19.7 Å². The number of imidazole rings is 1. The molecule has 1 aromatic carbocycles. The van der Waals surface area contributed by atoms with Crippen LogP contribution in [0.2, 0.25) is 0 Å². The summed E-state index contributed by atoms with van der Waals surface area (Å²) in [5.41, 5.74) is 2.18. The first-order valence-electron chi connectivity index (χ1n) is 5.88. The molecule has 0 unspecified atom stereocenters. The van der Waals surface area contributed by atoms with Gasteiger partial charge in [0, 0.05) is 0 Å². The van der Waals surface area contributed by atoms with Crippen LogP contribution >= 0.6 is 24.8 Å². The normalized spacial score (nSPS) is 16.2. The molecular formula is C13H18Cl2N4. The Morgan fingerprint density at radius 2 is 1.95 bits per heavy atom. The van der Waals surface area contributed by atoms with Gasteiger partial charge in [0.25, 0.3) is 0 Å². The Kier molecular flexibility index (Phi) is 4.82. The minimum absolute atomic E-state index is 0. The minimum Gasteiger partial charge on any atom is -0.367 e. The molecule has 0 aliphatic carbocycles. The highest BCUT2D eigenvalue weighted by atomic mass is 35.5. The SMILES string of the molecule is CC1(C)CN=C(Cc2nc3ccccc3[nH]2)N1.Cl.Cl. The standard InChI is InChI=1S/C13H16N4.2ClH/c1-13(2)8-14-11(17-13)7-12-15-9-5-3-4-6-10(9)16-12;;/h3-6H,7-8H2,1-2H3,(H,14,17)(H,15,16);2*1H. The van der Waals surface area contributed by atoms with E-state index in [9.17, 15) is 0 Å². The van der Waals surface area contributed by atoms with Crippen molar-refractivity contribution in [1.82, 2.24) is 15.3 Å². The second-order valence-electron chi connectivity index (χ2n) is 5.15. The number of para-hydroxylation sites is 2. The van der Waals surface area contributed by atoms with Gasteiger partial charge in [-0.25, -0.2) is 4.98 Å². The molecule has 0 fully saturated rings. The Bertz CT molecular complexity index is 556. The summed E-state index contributed by atoms with van der Waals surface area (Å²) in [6, 6.07) is 8.07. The second-order valence-corrected chi connectivity index (χ2v) is 5.15. The number of amidine groups is 1. The van der Waals surface area contributed by atoms with Crippen LogP contribution in [-0.4, -0.2) is 27.9 Å². The zero-order chi connectivity index (χ0) is 11.9. The molecular weight excluding hydrogens is 283 g/mol. The average molecular weight is 301 g/mol. The minimum atomic E-state index is 0. The van der Waals surface area contributed by atoms with Crippen LogP contribution in [0.4, 0.5) is 0 Å². The van der Waals surface area contributed by atoms with Gasteiger partial charge in [0.15, 0.2) is 0 Å². The third-order valence-electron chi connectivity index (χ3n) is 2.92. The molecule has 6 heteroatoms. The van der Waals surface area contributed by atoms with Gasteiger partial charge in [-0.05, 0) is 26.0 Å². The molecule has 0 spiro atoms. The number of nitrogens with zero attached hydrogens (tertiary/aromatic N) is 2. The number of hydrogen-bond donors (Lipinski definition) is 2. The van der Waals surface area contributed by atoms with E-state index in [0.717, 1.165) is 35.7 Å². The lowest BCUT2D eigenvalue weighted by molar-refractivity contribution is 0.504. The molecule has 4 nitrogen and oxygen atoms in total. The topological polar surface area (TPSA) is 53.1 Å². The van der Waals surface area contributed by atoms with Crippen molar-refractivity contribution in [3.05, 3.63) is 30.1 Å². The number of benzene rings is 1. The Labute approximate surface area is 124 Å². The van der Waals surface area contributed by atoms with Gasteiger partial charge in [-0.3, -0.25) is 4.99 Å². The zero-order valence-electron chi connectivity index (χ0n) is 10.9.